The maximum Gasteiger partial charge on any atom is 0.0579 e. The Hall–Kier alpha value is -0.380. The highest BCUT2D eigenvalue weighted by molar-refractivity contribution is 5.25. The summed E-state index contributed by atoms with van der Waals surface area (Å²) in [6.45, 7) is 11.0. The number of aliphatic hydroxyl groups excluding tert-OH is 2. The summed E-state index contributed by atoms with van der Waals surface area (Å²) >= 11 is 0. The normalized spacial score (nSPS) is 54.5. The molecule has 0 bridgehead atoms. The molecule has 0 radical (unpaired) electrons. The van der Waals surface area contributed by atoms with Gasteiger partial charge in [0.15, 0.2) is 0 Å². The van der Waals surface area contributed by atoms with Crippen molar-refractivity contribution in [3.05, 3.63) is 11.6 Å². The smallest absolute Gasteiger partial charge is 0.0579 e. The number of piperidine rings is 1. The van der Waals surface area contributed by atoms with Crippen LogP contribution in [-0.2, 0) is 0 Å². The fraction of sp³-hybridized carbons (Fsp3) is 0.926. The van der Waals surface area contributed by atoms with Crippen LogP contribution in [0.15, 0.2) is 11.6 Å². The van der Waals surface area contributed by atoms with Crippen molar-refractivity contribution >= 4 is 0 Å². The number of hydrogen-bond acceptors (Lipinski definition) is 3. The van der Waals surface area contributed by atoms with Gasteiger partial charge in [-0.15, -0.1) is 0 Å². The number of rotatable bonds is 2. The van der Waals surface area contributed by atoms with E-state index in [4.69, 9.17) is 0 Å². The minimum Gasteiger partial charge on any atom is -0.393 e. The predicted molar refractivity (Wildman–Crippen MR) is 122 cm³/mol. The Morgan fingerprint density at radius 2 is 1.87 bits per heavy atom. The molecule has 30 heavy (non-hydrogen) atoms. The van der Waals surface area contributed by atoms with Crippen LogP contribution in [0, 0.1) is 46.3 Å². The van der Waals surface area contributed by atoms with Gasteiger partial charge in [-0.1, -0.05) is 39.3 Å². The Morgan fingerprint density at radius 3 is 2.60 bits per heavy atom. The van der Waals surface area contributed by atoms with E-state index in [-0.39, 0.29) is 17.6 Å². The van der Waals surface area contributed by atoms with Crippen molar-refractivity contribution in [1.29, 1.82) is 0 Å². The summed E-state index contributed by atoms with van der Waals surface area (Å²) in [7, 11) is 0. The molecule has 1 saturated heterocycles. The van der Waals surface area contributed by atoms with Gasteiger partial charge in [0.25, 0.3) is 0 Å². The number of hydrogen-bond donors (Lipinski definition) is 3. The highest BCUT2D eigenvalue weighted by atomic mass is 16.3. The SMILES string of the molecule is C[C@@H]1CC[C@H]([C@@H](C)[C@H]2[C@H](O)C[C@H]3[C@@H]4CC=C5C[C@@H](O)CC[C@]5(C)[C@H]4CC[C@]23C)NC1. The molecule has 5 rings (SSSR count). The van der Waals surface area contributed by atoms with Crippen LogP contribution in [0.2, 0.25) is 0 Å². The molecular weight excluding hydrogens is 370 g/mol. The van der Waals surface area contributed by atoms with Crippen molar-refractivity contribution in [2.75, 3.05) is 6.54 Å². The van der Waals surface area contributed by atoms with Crippen LogP contribution in [0.1, 0.15) is 85.5 Å². The largest absolute Gasteiger partial charge is 0.393 e. The van der Waals surface area contributed by atoms with E-state index in [1.165, 1.54) is 32.1 Å². The molecule has 3 saturated carbocycles. The van der Waals surface area contributed by atoms with E-state index in [2.05, 4.69) is 39.1 Å². The Labute approximate surface area is 184 Å². The molecule has 5 aliphatic rings. The number of allylic oxidation sites excluding steroid dienone is 1. The first kappa shape index (κ1) is 21.5. The van der Waals surface area contributed by atoms with Gasteiger partial charge in [-0.2, -0.15) is 0 Å². The van der Waals surface area contributed by atoms with E-state index in [0.29, 0.717) is 29.2 Å². The van der Waals surface area contributed by atoms with E-state index in [0.717, 1.165) is 50.0 Å². The first-order valence-electron chi connectivity index (χ1n) is 13.0. The van der Waals surface area contributed by atoms with Crippen LogP contribution >= 0.6 is 0 Å². The summed E-state index contributed by atoms with van der Waals surface area (Å²) in [4.78, 5) is 0. The molecule has 0 spiro atoms. The van der Waals surface area contributed by atoms with Gasteiger partial charge in [0, 0.05) is 6.04 Å². The van der Waals surface area contributed by atoms with E-state index in [1.807, 2.05) is 0 Å². The fourth-order valence-corrected chi connectivity index (χ4v) is 9.36. The van der Waals surface area contributed by atoms with Crippen LogP contribution in [0.5, 0.6) is 0 Å². The zero-order chi connectivity index (χ0) is 21.3. The average Bonchev–Trinajstić information content (AvgIpc) is 2.98. The number of aliphatic hydroxyl groups is 2. The average molecular weight is 416 g/mol. The van der Waals surface area contributed by atoms with Gasteiger partial charge in [-0.05, 0) is 111 Å². The summed E-state index contributed by atoms with van der Waals surface area (Å²) < 4.78 is 0. The van der Waals surface area contributed by atoms with Crippen LogP contribution in [0.4, 0.5) is 0 Å². The molecule has 0 aromatic heterocycles. The minimum absolute atomic E-state index is 0.126. The molecule has 0 aromatic carbocycles. The van der Waals surface area contributed by atoms with E-state index in [9.17, 15) is 10.2 Å². The van der Waals surface area contributed by atoms with Crippen molar-refractivity contribution in [3.8, 4) is 0 Å². The van der Waals surface area contributed by atoms with E-state index in [1.54, 1.807) is 5.57 Å². The third-order valence-electron chi connectivity index (χ3n) is 11.1. The minimum atomic E-state index is -0.138. The lowest BCUT2D eigenvalue weighted by Gasteiger charge is -2.58. The van der Waals surface area contributed by atoms with Crippen LogP contribution < -0.4 is 5.32 Å². The van der Waals surface area contributed by atoms with Crippen LogP contribution in [-0.4, -0.2) is 35.0 Å². The molecule has 4 fully saturated rings. The van der Waals surface area contributed by atoms with Gasteiger partial charge >= 0.3 is 0 Å². The zero-order valence-electron chi connectivity index (χ0n) is 19.7. The molecule has 0 unspecified atom stereocenters. The number of fused-ring (bicyclic) bond motifs is 5. The van der Waals surface area contributed by atoms with Crippen LogP contribution in [0.25, 0.3) is 0 Å². The maximum atomic E-state index is 11.4. The maximum absolute atomic E-state index is 11.4. The summed E-state index contributed by atoms with van der Waals surface area (Å²) in [6, 6.07) is 0.573. The van der Waals surface area contributed by atoms with Crippen molar-refractivity contribution < 1.29 is 10.2 Å². The van der Waals surface area contributed by atoms with Gasteiger partial charge in [0.2, 0.25) is 0 Å². The lowest BCUT2D eigenvalue weighted by molar-refractivity contribution is -0.0655. The van der Waals surface area contributed by atoms with Gasteiger partial charge in [-0.25, -0.2) is 0 Å². The molecule has 4 aliphatic carbocycles. The zero-order valence-corrected chi connectivity index (χ0v) is 19.7. The monoisotopic (exact) mass is 415 g/mol. The quantitative estimate of drug-likeness (QED) is 0.561. The van der Waals surface area contributed by atoms with Gasteiger partial charge < -0.3 is 15.5 Å². The Morgan fingerprint density at radius 1 is 1.07 bits per heavy atom. The predicted octanol–water partition coefficient (Wildman–Crippen LogP) is 4.92. The van der Waals surface area contributed by atoms with Crippen LogP contribution in [0.3, 0.4) is 0 Å². The standard InChI is InChI=1S/C27H45NO2/c1-16-5-8-23(28-15-16)17(2)25-24(30)14-22-20-7-6-18-13-19(29)9-11-26(18,3)21(20)10-12-27(22,25)4/h6,16-17,19-25,28-30H,5,7-15H2,1-4H3/t16-,17-,19+,20-,21+,22+,23-,24-,25+,26+,27+/m1/s1. The molecule has 0 aromatic rings. The second-order valence-electron chi connectivity index (χ2n) is 12.6. The van der Waals surface area contributed by atoms with Gasteiger partial charge in [-0.3, -0.25) is 0 Å². The number of nitrogens with one attached hydrogen (secondary N) is 1. The molecule has 170 valence electrons. The first-order chi connectivity index (χ1) is 14.2. The Kier molecular flexibility index (Phi) is 5.43. The summed E-state index contributed by atoms with van der Waals surface area (Å²) in [6.07, 6.45) is 12.6. The molecule has 11 atom stereocenters. The highest BCUT2D eigenvalue weighted by Crippen LogP contribution is 2.67. The van der Waals surface area contributed by atoms with E-state index < -0.39 is 0 Å². The topological polar surface area (TPSA) is 52.5 Å². The highest BCUT2D eigenvalue weighted by Gasteiger charge is 2.62. The summed E-state index contributed by atoms with van der Waals surface area (Å²) in [5.74, 6) is 3.90. The molecule has 0 amide bonds. The Balaban J connectivity index is 1.39. The fourth-order valence-electron chi connectivity index (χ4n) is 9.36. The molecular formula is C27H45NO2. The second kappa shape index (κ2) is 7.59. The second-order valence-corrected chi connectivity index (χ2v) is 12.6. The van der Waals surface area contributed by atoms with Crippen molar-refractivity contribution in [1.82, 2.24) is 5.32 Å². The molecule has 1 aliphatic heterocycles. The molecule has 3 heteroatoms. The van der Waals surface area contributed by atoms with Gasteiger partial charge in [0.1, 0.15) is 0 Å². The third kappa shape index (κ3) is 3.17. The van der Waals surface area contributed by atoms with Gasteiger partial charge in [0.05, 0.1) is 12.2 Å². The van der Waals surface area contributed by atoms with Crippen molar-refractivity contribution in [2.24, 2.45) is 46.3 Å². The third-order valence-corrected chi connectivity index (χ3v) is 11.1. The van der Waals surface area contributed by atoms with Crippen molar-refractivity contribution in [2.45, 2.75) is 104 Å². The molecule has 1 heterocycles. The Bertz CT molecular complexity index is 682. The summed E-state index contributed by atoms with van der Waals surface area (Å²) in [5, 5.41) is 25.5. The van der Waals surface area contributed by atoms with E-state index >= 15 is 0 Å². The van der Waals surface area contributed by atoms with Crippen molar-refractivity contribution in [3.63, 3.8) is 0 Å². The molecule has 3 nitrogen and oxygen atoms in total. The lowest BCUT2D eigenvalue weighted by atomic mass is 9.47. The lowest BCUT2D eigenvalue weighted by Crippen LogP contribution is -2.53. The first-order valence-corrected chi connectivity index (χ1v) is 13.0. The molecule has 3 N–H and O–H groups in total. The summed E-state index contributed by atoms with van der Waals surface area (Å²) in [5.41, 5.74) is 2.12.